The fourth-order valence-corrected chi connectivity index (χ4v) is 3.36. The van der Waals surface area contributed by atoms with Crippen molar-refractivity contribution in [3.05, 3.63) is 59.8 Å². The van der Waals surface area contributed by atoms with Gasteiger partial charge in [-0.05, 0) is 36.2 Å². The van der Waals surface area contributed by atoms with Crippen LogP contribution in [0.2, 0.25) is 0 Å². The number of guanidine groups is 1. The maximum Gasteiger partial charge on any atom is 0.251 e. The zero-order valence-electron chi connectivity index (χ0n) is 17.7. The van der Waals surface area contributed by atoms with Crippen molar-refractivity contribution in [1.82, 2.24) is 20.5 Å². The zero-order valence-corrected chi connectivity index (χ0v) is 20.0. The number of aliphatic imine (C=N–C) groups is 1. The Kier molecular flexibility index (Phi) is 9.85. The lowest BCUT2D eigenvalue weighted by atomic mass is 10.1. The van der Waals surface area contributed by atoms with Gasteiger partial charge in [0.2, 0.25) is 0 Å². The van der Waals surface area contributed by atoms with Gasteiger partial charge in [0, 0.05) is 58.1 Å². The number of nitrogens with one attached hydrogen (secondary N) is 2. The maximum atomic E-state index is 12.2. The highest BCUT2D eigenvalue weighted by Crippen LogP contribution is 2.13. The summed E-state index contributed by atoms with van der Waals surface area (Å²) >= 11 is 0. The number of nitrogens with zero attached hydrogens (tertiary/aromatic N) is 4. The highest BCUT2D eigenvalue weighted by atomic mass is 127. The lowest BCUT2D eigenvalue weighted by Crippen LogP contribution is -2.52. The number of carbonyl (C=O) groups excluding carboxylic acids is 1. The molecule has 0 spiro atoms. The molecular formula is C22H31IN6O. The lowest BCUT2D eigenvalue weighted by Gasteiger charge is -2.37. The Morgan fingerprint density at radius 3 is 2.57 bits per heavy atom. The van der Waals surface area contributed by atoms with E-state index in [2.05, 4.69) is 30.4 Å². The molecule has 0 radical (unpaired) electrons. The van der Waals surface area contributed by atoms with Crippen molar-refractivity contribution in [1.29, 1.82) is 0 Å². The van der Waals surface area contributed by atoms with E-state index in [4.69, 9.17) is 0 Å². The van der Waals surface area contributed by atoms with E-state index in [1.54, 1.807) is 0 Å². The molecule has 0 atom stereocenters. The van der Waals surface area contributed by atoms with Gasteiger partial charge in [0.25, 0.3) is 5.91 Å². The molecule has 3 rings (SSSR count). The molecule has 1 aliphatic heterocycles. The average molecular weight is 522 g/mol. The Bertz CT molecular complexity index is 821. The van der Waals surface area contributed by atoms with Crippen molar-refractivity contribution in [2.75, 3.05) is 44.7 Å². The quantitative estimate of drug-likeness (QED) is 0.347. The monoisotopic (exact) mass is 522 g/mol. The van der Waals surface area contributed by atoms with E-state index in [-0.39, 0.29) is 29.9 Å². The molecule has 1 fully saturated rings. The molecular weight excluding hydrogens is 491 g/mol. The second-order valence-electron chi connectivity index (χ2n) is 7.02. The minimum Gasteiger partial charge on any atom is -0.353 e. The molecule has 0 aliphatic carbocycles. The van der Waals surface area contributed by atoms with Crippen LogP contribution in [0.3, 0.4) is 0 Å². The van der Waals surface area contributed by atoms with E-state index in [9.17, 15) is 4.79 Å². The number of hydrogen-bond donors (Lipinski definition) is 2. The van der Waals surface area contributed by atoms with E-state index in [0.717, 1.165) is 49.9 Å². The predicted octanol–water partition coefficient (Wildman–Crippen LogP) is 2.74. The summed E-state index contributed by atoms with van der Waals surface area (Å²) in [6, 6.07) is 13.7. The second-order valence-corrected chi connectivity index (χ2v) is 7.02. The van der Waals surface area contributed by atoms with E-state index >= 15 is 0 Å². The minimum absolute atomic E-state index is 0. The molecule has 1 aliphatic rings. The van der Waals surface area contributed by atoms with Gasteiger partial charge in [-0.25, -0.2) is 4.98 Å². The fourth-order valence-electron chi connectivity index (χ4n) is 3.36. The van der Waals surface area contributed by atoms with E-state index < -0.39 is 0 Å². The van der Waals surface area contributed by atoms with Gasteiger partial charge in [0.15, 0.2) is 5.96 Å². The van der Waals surface area contributed by atoms with Gasteiger partial charge < -0.3 is 20.4 Å². The Balaban J connectivity index is 0.00000320. The molecule has 2 N–H and O–H groups in total. The highest BCUT2D eigenvalue weighted by molar-refractivity contribution is 14.0. The molecule has 2 heterocycles. The van der Waals surface area contributed by atoms with Crippen LogP contribution >= 0.6 is 24.0 Å². The molecule has 1 saturated heterocycles. The molecule has 1 amide bonds. The van der Waals surface area contributed by atoms with Crippen molar-refractivity contribution >= 4 is 41.7 Å². The summed E-state index contributed by atoms with van der Waals surface area (Å²) < 4.78 is 0. The van der Waals surface area contributed by atoms with Crippen molar-refractivity contribution in [2.45, 2.75) is 19.9 Å². The van der Waals surface area contributed by atoms with Gasteiger partial charge in [0.1, 0.15) is 5.82 Å². The number of aromatic nitrogens is 1. The number of carbonyl (C=O) groups is 1. The normalized spacial score (nSPS) is 14.1. The van der Waals surface area contributed by atoms with Gasteiger partial charge in [0.05, 0.1) is 0 Å². The van der Waals surface area contributed by atoms with Crippen LogP contribution in [0.15, 0.2) is 53.7 Å². The fraction of sp³-hybridized carbons (Fsp3) is 0.409. The summed E-state index contributed by atoms with van der Waals surface area (Å²) in [6.07, 6.45) is 2.76. The molecule has 0 bridgehead atoms. The van der Waals surface area contributed by atoms with E-state index in [1.807, 2.05) is 62.6 Å². The third kappa shape index (κ3) is 6.58. The molecule has 162 valence electrons. The highest BCUT2D eigenvalue weighted by Gasteiger charge is 2.20. The molecule has 30 heavy (non-hydrogen) atoms. The third-order valence-electron chi connectivity index (χ3n) is 4.94. The van der Waals surface area contributed by atoms with Crippen LogP contribution in [-0.2, 0) is 6.54 Å². The first-order valence-corrected chi connectivity index (χ1v) is 10.2. The first-order chi connectivity index (χ1) is 14.2. The number of pyridine rings is 1. The number of hydrogen-bond acceptors (Lipinski definition) is 4. The summed E-state index contributed by atoms with van der Waals surface area (Å²) in [4.78, 5) is 25.6. The number of benzene rings is 1. The van der Waals surface area contributed by atoms with Crippen molar-refractivity contribution in [3.63, 3.8) is 0 Å². The van der Waals surface area contributed by atoms with Crippen LogP contribution in [0.25, 0.3) is 0 Å². The number of halogens is 1. The zero-order chi connectivity index (χ0) is 20.5. The van der Waals surface area contributed by atoms with Crippen LogP contribution in [-0.4, -0.2) is 61.5 Å². The Morgan fingerprint density at radius 1 is 1.10 bits per heavy atom. The average Bonchev–Trinajstić information content (AvgIpc) is 2.79. The number of amides is 1. The SMILES string of the molecule is CCCNC(=O)c1cccc(CNC(=NC)N2CCN(c3ccccn3)CC2)c1.I. The first-order valence-electron chi connectivity index (χ1n) is 10.2. The molecule has 1 aromatic carbocycles. The number of anilines is 1. The molecule has 8 heteroatoms. The molecule has 0 saturated carbocycles. The molecule has 0 unspecified atom stereocenters. The van der Waals surface area contributed by atoms with Crippen LogP contribution in [0.1, 0.15) is 29.3 Å². The second kappa shape index (κ2) is 12.4. The van der Waals surface area contributed by atoms with Gasteiger partial charge in [-0.2, -0.15) is 0 Å². The molecule has 1 aromatic heterocycles. The maximum absolute atomic E-state index is 12.2. The van der Waals surface area contributed by atoms with Gasteiger partial charge in [-0.15, -0.1) is 24.0 Å². The van der Waals surface area contributed by atoms with Crippen molar-refractivity contribution in [3.8, 4) is 0 Å². The Morgan fingerprint density at radius 2 is 1.90 bits per heavy atom. The standard InChI is InChI=1S/C22H30N6O.HI/c1-3-10-25-21(29)19-8-6-7-18(16-19)17-26-22(23-2)28-14-12-27(13-15-28)20-9-4-5-11-24-20;/h4-9,11,16H,3,10,12-15,17H2,1-2H3,(H,23,26)(H,25,29);1H. The van der Waals surface area contributed by atoms with Gasteiger partial charge in [-0.3, -0.25) is 9.79 Å². The topological polar surface area (TPSA) is 72.9 Å². The van der Waals surface area contributed by atoms with E-state index in [0.29, 0.717) is 18.7 Å². The minimum atomic E-state index is -0.0243. The van der Waals surface area contributed by atoms with Crippen LogP contribution in [0.4, 0.5) is 5.82 Å². The third-order valence-corrected chi connectivity index (χ3v) is 4.94. The van der Waals surface area contributed by atoms with E-state index in [1.165, 1.54) is 0 Å². The van der Waals surface area contributed by atoms with Gasteiger partial charge >= 0.3 is 0 Å². The number of piperazine rings is 1. The molecule has 7 nitrogen and oxygen atoms in total. The van der Waals surface area contributed by atoms with Crippen molar-refractivity contribution in [2.24, 2.45) is 4.99 Å². The van der Waals surface area contributed by atoms with Gasteiger partial charge in [-0.1, -0.05) is 25.1 Å². The van der Waals surface area contributed by atoms with Crippen LogP contribution in [0, 0.1) is 0 Å². The lowest BCUT2D eigenvalue weighted by molar-refractivity contribution is 0.0953. The van der Waals surface area contributed by atoms with Crippen molar-refractivity contribution < 1.29 is 4.79 Å². The molecule has 2 aromatic rings. The first kappa shape index (κ1) is 23.9. The predicted molar refractivity (Wildman–Crippen MR) is 133 cm³/mol. The smallest absolute Gasteiger partial charge is 0.251 e. The largest absolute Gasteiger partial charge is 0.353 e. The Hall–Kier alpha value is -2.36. The summed E-state index contributed by atoms with van der Waals surface area (Å²) in [5, 5.41) is 6.35. The Labute approximate surface area is 196 Å². The summed E-state index contributed by atoms with van der Waals surface area (Å²) in [5.41, 5.74) is 1.75. The number of rotatable bonds is 6. The van der Waals surface area contributed by atoms with Crippen LogP contribution in [0.5, 0.6) is 0 Å². The summed E-state index contributed by atoms with van der Waals surface area (Å²) in [5.74, 6) is 1.88. The van der Waals surface area contributed by atoms with Crippen LogP contribution < -0.4 is 15.5 Å². The summed E-state index contributed by atoms with van der Waals surface area (Å²) in [6.45, 7) is 6.95. The summed E-state index contributed by atoms with van der Waals surface area (Å²) in [7, 11) is 1.81.